The van der Waals surface area contributed by atoms with Crippen molar-refractivity contribution in [1.29, 1.82) is 0 Å². The first-order chi connectivity index (χ1) is 73.8. The Balaban J connectivity index is 0.000000108. The number of hydrogen-bond acceptors (Lipinski definition) is 6. The second-order valence-electron chi connectivity index (χ2n) is 38.3. The molecule has 6 heterocycles. The zero-order valence-corrected chi connectivity index (χ0v) is 80.9. The molecule has 9 nitrogen and oxygen atoms in total. The van der Waals surface area contributed by atoms with E-state index >= 15 is 0 Å². The summed E-state index contributed by atoms with van der Waals surface area (Å²) in [6.45, 7) is 0. The molecule has 30 rings (SSSR count). The highest BCUT2D eigenvalue weighted by Crippen LogP contribution is 2.47. The molecule has 0 aliphatic heterocycles. The second kappa shape index (κ2) is 36.8. The van der Waals surface area contributed by atoms with Gasteiger partial charge < -0.3 is 13.7 Å². The molecular weight excluding hydrogens is 1810 g/mol. The molecule has 0 unspecified atom stereocenters. The summed E-state index contributed by atoms with van der Waals surface area (Å²) in [5, 5.41) is 27.5. The first-order valence-corrected chi connectivity index (χ1v) is 50.7. The van der Waals surface area contributed by atoms with Gasteiger partial charge in [-0.2, -0.15) is 0 Å². The third kappa shape index (κ3) is 15.7. The summed E-state index contributed by atoms with van der Waals surface area (Å²) < 4.78 is 7.20. The van der Waals surface area contributed by atoms with Crippen LogP contribution >= 0.6 is 0 Å². The lowest BCUT2D eigenvalue weighted by Crippen LogP contribution is -1.98. The summed E-state index contributed by atoms with van der Waals surface area (Å²) in [7, 11) is 0. The highest BCUT2D eigenvalue weighted by Gasteiger charge is 2.25. The van der Waals surface area contributed by atoms with E-state index in [0.717, 1.165) is 101 Å². The van der Waals surface area contributed by atoms with Gasteiger partial charge in [-0.1, -0.05) is 413 Å². The van der Waals surface area contributed by atoms with Crippen molar-refractivity contribution < 1.29 is 0 Å². The minimum atomic E-state index is 0.697. The molecule has 0 aliphatic carbocycles. The Morgan fingerprint density at radius 1 is 0.114 bits per heavy atom. The van der Waals surface area contributed by atoms with Crippen molar-refractivity contribution in [2.24, 2.45) is 0 Å². The summed E-state index contributed by atoms with van der Waals surface area (Å²) in [6.07, 6.45) is 0. The van der Waals surface area contributed by atoms with E-state index in [0.29, 0.717) is 17.5 Å². The number of fused-ring (bicyclic) bond motifs is 23. The molecule has 24 aromatic carbocycles. The molecule has 0 saturated heterocycles. The second-order valence-corrected chi connectivity index (χ2v) is 38.3. The SMILES string of the molecule is c1ccc(-c2cc(-c3ccc4ccccc4c3)nc(-c3ccc(-n4c5ccc6ccccc6c5c5c6ccccc6ccc54)cc3)n2)cc1.c1ccc(-c2cc(-c3ccc4ccccc4c3)nc(-c3cccc(-n4c5ccc6ccccc6c5c5c6ccccc6ccc54)c3)n2)cc1.c1ccc(-c2ccc(-c3cc(-c4ccccc4)nc(-c4ccc(-n5c6ccc7ccccc7c6c6c7ccccc7ccc65)cc4)n3)cc2)cc1. The van der Waals surface area contributed by atoms with E-state index in [1.807, 2.05) is 24.3 Å². The fraction of sp³-hybridized carbons (Fsp3) is 0. The Labute approximate surface area is 858 Å². The van der Waals surface area contributed by atoms with E-state index in [-0.39, 0.29) is 0 Å². The van der Waals surface area contributed by atoms with E-state index in [1.165, 1.54) is 163 Å². The van der Waals surface area contributed by atoms with Crippen LogP contribution in [-0.2, 0) is 0 Å². The third-order valence-electron chi connectivity index (χ3n) is 29.5. The Morgan fingerprint density at radius 2 is 0.322 bits per heavy atom. The molecule has 6 aromatic heterocycles. The van der Waals surface area contributed by atoms with Gasteiger partial charge in [0.05, 0.1) is 67.3 Å². The summed E-state index contributed by atoms with van der Waals surface area (Å²) in [5.74, 6) is 2.10. The van der Waals surface area contributed by atoms with Crippen LogP contribution in [0.5, 0.6) is 0 Å². The van der Waals surface area contributed by atoms with Crippen LogP contribution in [0.4, 0.5) is 0 Å². The summed E-state index contributed by atoms with van der Waals surface area (Å²) in [6, 6.07) is 192. The monoisotopic (exact) mass is 1900 g/mol. The van der Waals surface area contributed by atoms with Crippen LogP contribution in [0.2, 0.25) is 0 Å². The zero-order chi connectivity index (χ0) is 98.4. The molecular formula is C140H89N9. The summed E-state index contributed by atoms with van der Waals surface area (Å²) in [5.41, 5.74) is 27.4. The van der Waals surface area contributed by atoms with Crippen LogP contribution in [0.25, 0.3) is 281 Å². The average Bonchev–Trinajstić information content (AvgIpc) is 1.57. The molecule has 149 heavy (non-hydrogen) atoms. The molecule has 0 saturated carbocycles. The Bertz CT molecular complexity index is 10200. The smallest absolute Gasteiger partial charge is 0.160 e. The van der Waals surface area contributed by atoms with Crippen molar-refractivity contribution in [3.05, 3.63) is 540 Å². The molecule has 694 valence electrons. The maximum Gasteiger partial charge on any atom is 0.160 e. The highest BCUT2D eigenvalue weighted by molar-refractivity contribution is 6.31. The molecule has 0 atom stereocenters. The quantitative estimate of drug-likeness (QED) is 0.114. The predicted octanol–water partition coefficient (Wildman–Crippen LogP) is 36.6. The predicted molar refractivity (Wildman–Crippen MR) is 624 cm³/mol. The molecule has 0 amide bonds. The third-order valence-corrected chi connectivity index (χ3v) is 29.5. The maximum absolute atomic E-state index is 5.21. The molecule has 0 radical (unpaired) electrons. The van der Waals surface area contributed by atoms with Gasteiger partial charge in [0, 0.05) is 99.5 Å². The van der Waals surface area contributed by atoms with Crippen molar-refractivity contribution in [3.8, 4) is 130 Å². The molecule has 9 heteroatoms. The van der Waals surface area contributed by atoms with E-state index in [1.54, 1.807) is 0 Å². The largest absolute Gasteiger partial charge is 0.309 e. The average molecular weight is 1900 g/mol. The maximum atomic E-state index is 5.21. The lowest BCUT2D eigenvalue weighted by atomic mass is 10.00. The molecule has 30 aromatic rings. The fourth-order valence-electron chi connectivity index (χ4n) is 22.4. The lowest BCUT2D eigenvalue weighted by molar-refractivity contribution is 1.16. The van der Waals surface area contributed by atoms with Gasteiger partial charge in [-0.3, -0.25) is 0 Å². The van der Waals surface area contributed by atoms with Gasteiger partial charge in [-0.05, 0) is 225 Å². The van der Waals surface area contributed by atoms with Gasteiger partial charge in [0.1, 0.15) is 0 Å². The summed E-state index contributed by atoms with van der Waals surface area (Å²) >= 11 is 0. The van der Waals surface area contributed by atoms with Gasteiger partial charge in [0.2, 0.25) is 0 Å². The summed E-state index contributed by atoms with van der Waals surface area (Å²) in [4.78, 5) is 30.9. The topological polar surface area (TPSA) is 92.1 Å². The lowest BCUT2D eigenvalue weighted by Gasteiger charge is -2.12. The van der Waals surface area contributed by atoms with Gasteiger partial charge in [-0.25, -0.2) is 29.9 Å². The van der Waals surface area contributed by atoms with E-state index in [9.17, 15) is 0 Å². The van der Waals surface area contributed by atoms with Crippen LogP contribution in [0.3, 0.4) is 0 Å². The Hall–Kier alpha value is -20.0. The highest BCUT2D eigenvalue weighted by atomic mass is 15.0. The van der Waals surface area contributed by atoms with Crippen LogP contribution in [0.1, 0.15) is 0 Å². The first-order valence-electron chi connectivity index (χ1n) is 50.7. The molecule has 0 fully saturated rings. The first kappa shape index (κ1) is 86.8. The van der Waals surface area contributed by atoms with Gasteiger partial charge in [-0.15, -0.1) is 0 Å². The molecule has 0 aliphatic rings. The van der Waals surface area contributed by atoms with Crippen LogP contribution in [0.15, 0.2) is 540 Å². The Morgan fingerprint density at radius 3 is 0.631 bits per heavy atom. The van der Waals surface area contributed by atoms with Crippen molar-refractivity contribution in [3.63, 3.8) is 0 Å². The number of aromatic nitrogens is 9. The van der Waals surface area contributed by atoms with E-state index in [2.05, 4.69) is 529 Å². The molecule has 0 N–H and O–H groups in total. The van der Waals surface area contributed by atoms with Crippen molar-refractivity contribution >= 4 is 152 Å². The van der Waals surface area contributed by atoms with Crippen molar-refractivity contribution in [2.75, 3.05) is 0 Å². The zero-order valence-electron chi connectivity index (χ0n) is 80.9. The van der Waals surface area contributed by atoms with Gasteiger partial charge in [0.15, 0.2) is 17.5 Å². The number of hydrogen-bond donors (Lipinski definition) is 0. The van der Waals surface area contributed by atoms with E-state index < -0.39 is 0 Å². The minimum absolute atomic E-state index is 0.697. The van der Waals surface area contributed by atoms with E-state index in [4.69, 9.17) is 29.9 Å². The van der Waals surface area contributed by atoms with Gasteiger partial charge in [0.25, 0.3) is 0 Å². The fourth-order valence-corrected chi connectivity index (χ4v) is 22.4. The van der Waals surface area contributed by atoms with Crippen LogP contribution in [0, 0.1) is 0 Å². The number of benzene rings is 24. The Kier molecular flexibility index (Phi) is 21.4. The van der Waals surface area contributed by atoms with Crippen molar-refractivity contribution in [1.82, 2.24) is 43.6 Å². The normalized spacial score (nSPS) is 11.6. The number of nitrogens with zero attached hydrogens (tertiary/aromatic N) is 9. The van der Waals surface area contributed by atoms with Crippen LogP contribution in [-0.4, -0.2) is 43.6 Å². The number of rotatable bonds is 13. The molecule has 0 bridgehead atoms. The van der Waals surface area contributed by atoms with Crippen molar-refractivity contribution in [2.45, 2.75) is 0 Å². The standard InChI is InChI=1S/C48H31N3.2C46H29N3/c1-3-11-32(12-4-1)33-19-21-37(22-20-33)43-31-42(36-15-5-2-6-16-36)49-48(50-43)38-23-27-39(28-24-38)51-44-29-25-34-13-7-9-17-40(34)46(44)47-41-18-10-8-14-35(41)26-30-45(47)51;1-2-14-33(15-3-1)40-29-41(35-22-21-30-11-4-5-16-34(30)27-35)48-46(47-40)36-17-10-18-37(28-36)49-42-25-23-31-12-6-8-19-38(31)44(42)45-39-20-9-7-13-32(39)24-26-43(45)49;1-2-13-33(14-3-1)40-29-41(36-19-18-30-10-4-5-15-35(30)28-36)48-46(47-40)34-20-24-37(25-21-34)49-42-26-22-31-11-6-8-16-38(31)44(42)45-39-17-9-7-12-32(39)23-27-43(45)49/h1-31H;2*1-29H. The molecule has 0 spiro atoms. The van der Waals surface area contributed by atoms with Crippen LogP contribution < -0.4 is 0 Å². The minimum Gasteiger partial charge on any atom is -0.309 e. The van der Waals surface area contributed by atoms with Gasteiger partial charge >= 0.3 is 0 Å².